The van der Waals surface area contributed by atoms with E-state index in [1.807, 2.05) is 74.5 Å². The van der Waals surface area contributed by atoms with E-state index in [2.05, 4.69) is 5.32 Å². The summed E-state index contributed by atoms with van der Waals surface area (Å²) < 4.78 is 0. The zero-order valence-corrected chi connectivity index (χ0v) is 15.5. The second-order valence-electron chi connectivity index (χ2n) is 7.21. The molecule has 27 heavy (non-hydrogen) atoms. The highest BCUT2D eigenvalue weighted by atomic mass is 16.2. The molecule has 1 heterocycles. The number of anilines is 2. The Balaban J connectivity index is 1.55. The molecular weight excluding hydrogens is 336 g/mol. The molecule has 0 aromatic heterocycles. The zero-order valence-electron chi connectivity index (χ0n) is 15.5. The van der Waals surface area contributed by atoms with Crippen molar-refractivity contribution in [1.29, 1.82) is 0 Å². The number of carbonyl (C=O) groups is 2. The maximum Gasteiger partial charge on any atom is 0.229 e. The van der Waals surface area contributed by atoms with E-state index in [1.54, 1.807) is 4.90 Å². The Labute approximate surface area is 158 Å². The van der Waals surface area contributed by atoms with Gasteiger partial charge in [0.25, 0.3) is 0 Å². The van der Waals surface area contributed by atoms with E-state index in [1.165, 1.54) is 0 Å². The summed E-state index contributed by atoms with van der Waals surface area (Å²) >= 11 is 0. The molecule has 3 aromatic rings. The molecule has 1 aliphatic rings. The monoisotopic (exact) mass is 358 g/mol. The smallest absolute Gasteiger partial charge is 0.229 e. The summed E-state index contributed by atoms with van der Waals surface area (Å²) in [4.78, 5) is 27.2. The van der Waals surface area contributed by atoms with Crippen molar-refractivity contribution in [2.75, 3.05) is 16.8 Å². The number of nitrogens with zero attached hydrogens (tertiary/aromatic N) is 1. The number of carbonyl (C=O) groups excluding carboxylic acids is 2. The molecular formula is C23H22N2O2. The van der Waals surface area contributed by atoms with E-state index in [9.17, 15) is 9.59 Å². The van der Waals surface area contributed by atoms with Crippen LogP contribution in [-0.2, 0) is 9.59 Å². The first kappa shape index (κ1) is 17.3. The van der Waals surface area contributed by atoms with Crippen LogP contribution >= 0.6 is 0 Å². The van der Waals surface area contributed by atoms with Crippen LogP contribution in [0.5, 0.6) is 0 Å². The Morgan fingerprint density at radius 3 is 2.67 bits per heavy atom. The summed E-state index contributed by atoms with van der Waals surface area (Å²) in [5.41, 5.74) is 3.84. The van der Waals surface area contributed by atoms with Gasteiger partial charge in [-0.1, -0.05) is 48.5 Å². The van der Waals surface area contributed by atoms with Gasteiger partial charge in [0, 0.05) is 29.7 Å². The van der Waals surface area contributed by atoms with Crippen LogP contribution in [0.25, 0.3) is 10.8 Å². The van der Waals surface area contributed by atoms with Crippen molar-refractivity contribution in [3.63, 3.8) is 0 Å². The largest absolute Gasteiger partial charge is 0.325 e. The van der Waals surface area contributed by atoms with Gasteiger partial charge in [0.2, 0.25) is 11.8 Å². The second kappa shape index (κ2) is 6.88. The Hall–Kier alpha value is -3.14. The fourth-order valence-corrected chi connectivity index (χ4v) is 3.70. The van der Waals surface area contributed by atoms with Gasteiger partial charge in [0.05, 0.1) is 5.92 Å². The molecule has 1 atom stereocenters. The molecule has 4 rings (SSSR count). The molecule has 0 radical (unpaired) electrons. The molecule has 0 bridgehead atoms. The van der Waals surface area contributed by atoms with Crippen molar-refractivity contribution in [3.05, 3.63) is 71.8 Å². The van der Waals surface area contributed by atoms with Gasteiger partial charge in [-0.3, -0.25) is 9.59 Å². The first-order chi connectivity index (χ1) is 13.0. The van der Waals surface area contributed by atoms with Crippen molar-refractivity contribution >= 4 is 34.0 Å². The maximum absolute atomic E-state index is 12.8. The number of hydrogen-bond donors (Lipinski definition) is 1. The van der Waals surface area contributed by atoms with E-state index in [0.717, 1.165) is 33.3 Å². The van der Waals surface area contributed by atoms with Crippen LogP contribution in [0.3, 0.4) is 0 Å². The quantitative estimate of drug-likeness (QED) is 0.752. The summed E-state index contributed by atoms with van der Waals surface area (Å²) in [6.45, 7) is 4.42. The highest BCUT2D eigenvalue weighted by Gasteiger charge is 2.35. The minimum absolute atomic E-state index is 0.00164. The summed E-state index contributed by atoms with van der Waals surface area (Å²) in [6, 6.07) is 19.9. The summed E-state index contributed by atoms with van der Waals surface area (Å²) in [7, 11) is 0. The van der Waals surface area contributed by atoms with Gasteiger partial charge in [-0.15, -0.1) is 0 Å². The minimum Gasteiger partial charge on any atom is -0.325 e. The normalized spacial score (nSPS) is 16.7. The summed E-state index contributed by atoms with van der Waals surface area (Å²) in [5.74, 6) is -0.453. The summed E-state index contributed by atoms with van der Waals surface area (Å²) in [5, 5.41) is 5.11. The molecule has 0 saturated carbocycles. The molecule has 3 aromatic carbocycles. The predicted octanol–water partition coefficient (Wildman–Crippen LogP) is 4.45. The van der Waals surface area contributed by atoms with Crippen molar-refractivity contribution in [3.8, 4) is 0 Å². The number of rotatable bonds is 3. The third-order valence-electron chi connectivity index (χ3n) is 5.20. The first-order valence-corrected chi connectivity index (χ1v) is 9.19. The van der Waals surface area contributed by atoms with Gasteiger partial charge in [-0.2, -0.15) is 0 Å². The minimum atomic E-state index is -0.351. The molecule has 1 fully saturated rings. The zero-order chi connectivity index (χ0) is 19.0. The lowest BCUT2D eigenvalue weighted by atomic mass is 10.1. The number of aryl methyl sites for hydroxylation is 2. The third kappa shape index (κ3) is 3.31. The first-order valence-electron chi connectivity index (χ1n) is 9.19. The fourth-order valence-electron chi connectivity index (χ4n) is 3.70. The topological polar surface area (TPSA) is 49.4 Å². The fraction of sp³-hybridized carbons (Fsp3) is 0.217. The van der Waals surface area contributed by atoms with Gasteiger partial charge in [0.15, 0.2) is 0 Å². The number of fused-ring (bicyclic) bond motifs is 1. The molecule has 1 aliphatic heterocycles. The third-order valence-corrected chi connectivity index (χ3v) is 5.20. The molecule has 0 aliphatic carbocycles. The van der Waals surface area contributed by atoms with Gasteiger partial charge >= 0.3 is 0 Å². The Morgan fingerprint density at radius 1 is 1.04 bits per heavy atom. The van der Waals surface area contributed by atoms with Crippen LogP contribution < -0.4 is 10.2 Å². The average molecular weight is 358 g/mol. The van der Waals surface area contributed by atoms with E-state index in [4.69, 9.17) is 0 Å². The lowest BCUT2D eigenvalue weighted by molar-refractivity contribution is -0.122. The molecule has 1 saturated heterocycles. The van der Waals surface area contributed by atoms with E-state index >= 15 is 0 Å². The number of amides is 2. The molecule has 1 N–H and O–H groups in total. The van der Waals surface area contributed by atoms with Crippen LogP contribution in [-0.4, -0.2) is 18.4 Å². The Kier molecular flexibility index (Phi) is 4.40. The van der Waals surface area contributed by atoms with Crippen LogP contribution in [0.1, 0.15) is 17.5 Å². The van der Waals surface area contributed by atoms with Gasteiger partial charge in [-0.25, -0.2) is 0 Å². The lowest BCUT2D eigenvalue weighted by Gasteiger charge is -2.20. The Bertz CT molecular complexity index is 1040. The van der Waals surface area contributed by atoms with Crippen LogP contribution in [0.15, 0.2) is 60.7 Å². The molecule has 136 valence electrons. The van der Waals surface area contributed by atoms with Gasteiger partial charge < -0.3 is 10.2 Å². The van der Waals surface area contributed by atoms with Crippen molar-refractivity contribution in [2.24, 2.45) is 5.92 Å². The van der Waals surface area contributed by atoms with E-state index in [-0.39, 0.29) is 24.2 Å². The van der Waals surface area contributed by atoms with Gasteiger partial charge in [0.1, 0.15) is 0 Å². The molecule has 2 amide bonds. The highest BCUT2D eigenvalue weighted by molar-refractivity contribution is 6.07. The number of hydrogen-bond acceptors (Lipinski definition) is 2. The standard InChI is InChI=1S/C23H22N2O2/c1-15-10-11-16(2)21(12-15)25-14-18(13-22(25)26)23(27)24-20-9-5-7-17-6-3-4-8-19(17)20/h3-12,18H,13-14H2,1-2H3,(H,24,27)/t18-/m0/s1. The SMILES string of the molecule is Cc1ccc(C)c(N2C[C@@H](C(=O)Nc3cccc4ccccc34)CC2=O)c1. The average Bonchev–Trinajstić information content (AvgIpc) is 3.06. The number of benzene rings is 3. The lowest BCUT2D eigenvalue weighted by Crippen LogP contribution is -2.28. The van der Waals surface area contributed by atoms with Crippen molar-refractivity contribution < 1.29 is 9.59 Å². The Morgan fingerprint density at radius 2 is 1.81 bits per heavy atom. The molecule has 4 nitrogen and oxygen atoms in total. The maximum atomic E-state index is 12.8. The van der Waals surface area contributed by atoms with Gasteiger partial charge in [-0.05, 0) is 42.5 Å². The van der Waals surface area contributed by atoms with Crippen LogP contribution in [0.2, 0.25) is 0 Å². The predicted molar refractivity (Wildman–Crippen MR) is 109 cm³/mol. The van der Waals surface area contributed by atoms with E-state index < -0.39 is 0 Å². The molecule has 0 spiro atoms. The molecule has 4 heteroatoms. The highest BCUT2D eigenvalue weighted by Crippen LogP contribution is 2.30. The van der Waals surface area contributed by atoms with Crippen LogP contribution in [0.4, 0.5) is 11.4 Å². The van der Waals surface area contributed by atoms with Crippen molar-refractivity contribution in [2.45, 2.75) is 20.3 Å². The second-order valence-corrected chi connectivity index (χ2v) is 7.21. The van der Waals surface area contributed by atoms with Crippen molar-refractivity contribution in [1.82, 2.24) is 0 Å². The molecule has 0 unspecified atom stereocenters. The van der Waals surface area contributed by atoms with E-state index in [0.29, 0.717) is 6.54 Å². The van der Waals surface area contributed by atoms with Crippen LogP contribution in [0, 0.1) is 19.8 Å². The number of nitrogens with one attached hydrogen (secondary N) is 1. The summed E-state index contributed by atoms with van der Waals surface area (Å²) in [6.07, 6.45) is 0.240.